The first-order valence-corrected chi connectivity index (χ1v) is 6.76. The molecule has 1 aromatic carbocycles. The smallest absolute Gasteiger partial charge is 0.255 e. The van der Waals surface area contributed by atoms with Crippen molar-refractivity contribution in [3.8, 4) is 0 Å². The Kier molecular flexibility index (Phi) is 4.82. The predicted octanol–water partition coefficient (Wildman–Crippen LogP) is 2.94. The average Bonchev–Trinajstić information content (AvgIpc) is 2.41. The maximum Gasteiger partial charge on any atom is 0.255 e. The zero-order chi connectivity index (χ0) is 14.5. The van der Waals surface area contributed by atoms with Crippen molar-refractivity contribution >= 4 is 34.9 Å². The molecule has 0 spiro atoms. The number of carbonyl (C=O) groups excluding carboxylic acids is 1. The van der Waals surface area contributed by atoms with Crippen LogP contribution in [0.25, 0.3) is 0 Å². The van der Waals surface area contributed by atoms with Gasteiger partial charge >= 0.3 is 0 Å². The Balaban J connectivity index is 1.93. The van der Waals surface area contributed by atoms with Crippen molar-refractivity contribution in [2.24, 2.45) is 0 Å². The van der Waals surface area contributed by atoms with E-state index in [2.05, 4.69) is 10.3 Å². The van der Waals surface area contributed by atoms with E-state index < -0.39 is 0 Å². The van der Waals surface area contributed by atoms with Crippen molar-refractivity contribution in [2.75, 3.05) is 12.3 Å². The molecule has 3 N–H and O–H groups in total. The van der Waals surface area contributed by atoms with Gasteiger partial charge in [0.15, 0.2) is 0 Å². The zero-order valence-electron chi connectivity index (χ0n) is 10.6. The van der Waals surface area contributed by atoms with Gasteiger partial charge in [0, 0.05) is 22.8 Å². The Morgan fingerprint density at radius 1 is 1.30 bits per heavy atom. The number of hydrogen-bond donors (Lipinski definition) is 2. The third kappa shape index (κ3) is 3.62. The van der Waals surface area contributed by atoms with E-state index in [1.165, 1.54) is 0 Å². The van der Waals surface area contributed by atoms with Crippen LogP contribution < -0.4 is 11.1 Å². The van der Waals surface area contributed by atoms with E-state index in [0.717, 1.165) is 5.56 Å². The lowest BCUT2D eigenvalue weighted by Crippen LogP contribution is -2.26. The minimum Gasteiger partial charge on any atom is -0.383 e. The number of nitrogens with one attached hydrogen (secondary N) is 1. The number of carbonyl (C=O) groups is 1. The standard InChI is InChI=1S/C14H13Cl2N3O/c15-10-4-3-9(12(16)8-10)5-7-19-14(20)11-2-1-6-18-13(11)17/h1-4,6,8H,5,7H2,(H2,17,18)(H,19,20). The monoisotopic (exact) mass is 309 g/mol. The molecule has 0 saturated carbocycles. The van der Waals surface area contributed by atoms with Crippen molar-refractivity contribution in [2.45, 2.75) is 6.42 Å². The van der Waals surface area contributed by atoms with Crippen molar-refractivity contribution in [3.05, 3.63) is 57.7 Å². The Morgan fingerprint density at radius 3 is 2.80 bits per heavy atom. The third-order valence-corrected chi connectivity index (χ3v) is 3.37. The lowest BCUT2D eigenvalue weighted by Gasteiger charge is -2.08. The summed E-state index contributed by atoms with van der Waals surface area (Å²) in [4.78, 5) is 15.8. The van der Waals surface area contributed by atoms with Crippen LogP contribution in [-0.4, -0.2) is 17.4 Å². The van der Waals surface area contributed by atoms with E-state index in [-0.39, 0.29) is 11.7 Å². The molecular formula is C14H13Cl2N3O. The van der Waals surface area contributed by atoms with Crippen LogP contribution in [0.2, 0.25) is 10.0 Å². The van der Waals surface area contributed by atoms with Gasteiger partial charge in [0.1, 0.15) is 5.82 Å². The van der Waals surface area contributed by atoms with Crippen molar-refractivity contribution in [3.63, 3.8) is 0 Å². The van der Waals surface area contributed by atoms with Gasteiger partial charge in [-0.15, -0.1) is 0 Å². The minimum absolute atomic E-state index is 0.217. The first-order chi connectivity index (χ1) is 9.58. The maximum atomic E-state index is 11.9. The van der Waals surface area contributed by atoms with E-state index in [0.29, 0.717) is 28.6 Å². The number of pyridine rings is 1. The summed E-state index contributed by atoms with van der Waals surface area (Å²) < 4.78 is 0. The molecule has 0 atom stereocenters. The maximum absolute atomic E-state index is 11.9. The summed E-state index contributed by atoms with van der Waals surface area (Å²) in [6, 6.07) is 8.59. The van der Waals surface area contributed by atoms with Crippen LogP contribution in [-0.2, 0) is 6.42 Å². The first-order valence-electron chi connectivity index (χ1n) is 6.00. The van der Waals surface area contributed by atoms with Gasteiger partial charge in [0.2, 0.25) is 0 Å². The van der Waals surface area contributed by atoms with Gasteiger partial charge in [-0.05, 0) is 36.2 Å². The van der Waals surface area contributed by atoms with Crippen LogP contribution in [0.1, 0.15) is 15.9 Å². The van der Waals surface area contributed by atoms with Crippen molar-refractivity contribution in [1.29, 1.82) is 0 Å². The van der Waals surface area contributed by atoms with Crippen LogP contribution in [0.15, 0.2) is 36.5 Å². The van der Waals surface area contributed by atoms with Crippen LogP contribution in [0.3, 0.4) is 0 Å². The number of rotatable bonds is 4. The Hall–Kier alpha value is -1.78. The van der Waals surface area contributed by atoms with Gasteiger partial charge in [-0.25, -0.2) is 4.98 Å². The van der Waals surface area contributed by atoms with Gasteiger partial charge in [0.05, 0.1) is 5.56 Å². The normalized spacial score (nSPS) is 10.3. The Labute approximate surface area is 126 Å². The molecule has 2 aromatic rings. The molecule has 20 heavy (non-hydrogen) atoms. The minimum atomic E-state index is -0.249. The Bertz CT molecular complexity index is 632. The molecule has 1 amide bonds. The highest BCUT2D eigenvalue weighted by atomic mass is 35.5. The molecule has 1 aromatic heterocycles. The molecule has 104 valence electrons. The second-order valence-electron chi connectivity index (χ2n) is 4.18. The number of halogens is 2. The highest BCUT2D eigenvalue weighted by molar-refractivity contribution is 6.35. The number of nitrogens with zero attached hydrogens (tertiary/aromatic N) is 1. The summed E-state index contributed by atoms with van der Waals surface area (Å²) in [7, 11) is 0. The third-order valence-electron chi connectivity index (χ3n) is 2.78. The molecular weight excluding hydrogens is 297 g/mol. The number of hydrogen-bond acceptors (Lipinski definition) is 3. The molecule has 2 rings (SSSR count). The molecule has 0 radical (unpaired) electrons. The van der Waals surface area contributed by atoms with Crippen LogP contribution in [0.5, 0.6) is 0 Å². The number of amides is 1. The quantitative estimate of drug-likeness (QED) is 0.912. The SMILES string of the molecule is Nc1ncccc1C(=O)NCCc1ccc(Cl)cc1Cl. The first kappa shape index (κ1) is 14.6. The molecule has 6 heteroatoms. The molecule has 1 heterocycles. The molecule has 0 bridgehead atoms. The molecule has 0 aliphatic carbocycles. The lowest BCUT2D eigenvalue weighted by atomic mass is 10.1. The van der Waals surface area contributed by atoms with E-state index in [4.69, 9.17) is 28.9 Å². The fraction of sp³-hybridized carbons (Fsp3) is 0.143. The van der Waals surface area contributed by atoms with Crippen LogP contribution >= 0.6 is 23.2 Å². The zero-order valence-corrected chi connectivity index (χ0v) is 12.1. The molecule has 0 saturated heterocycles. The predicted molar refractivity (Wildman–Crippen MR) is 81.1 cm³/mol. The van der Waals surface area contributed by atoms with Gasteiger partial charge in [-0.1, -0.05) is 29.3 Å². The molecule has 0 aliphatic rings. The van der Waals surface area contributed by atoms with E-state index in [9.17, 15) is 4.79 Å². The van der Waals surface area contributed by atoms with Crippen molar-refractivity contribution < 1.29 is 4.79 Å². The lowest BCUT2D eigenvalue weighted by molar-refractivity contribution is 0.0955. The second kappa shape index (κ2) is 6.59. The number of nitrogens with two attached hydrogens (primary N) is 1. The van der Waals surface area contributed by atoms with Crippen LogP contribution in [0, 0.1) is 0 Å². The topological polar surface area (TPSA) is 68.0 Å². The molecule has 0 unspecified atom stereocenters. The summed E-state index contributed by atoms with van der Waals surface area (Å²) in [6.45, 7) is 0.453. The molecule has 0 fully saturated rings. The van der Waals surface area contributed by atoms with Gasteiger partial charge < -0.3 is 11.1 Å². The largest absolute Gasteiger partial charge is 0.383 e. The summed E-state index contributed by atoms with van der Waals surface area (Å²) in [6.07, 6.45) is 2.15. The number of nitrogen functional groups attached to an aromatic ring is 1. The fourth-order valence-electron chi connectivity index (χ4n) is 1.74. The highest BCUT2D eigenvalue weighted by Crippen LogP contribution is 2.21. The van der Waals surface area contributed by atoms with Crippen LogP contribution in [0.4, 0.5) is 5.82 Å². The fourth-order valence-corrected chi connectivity index (χ4v) is 2.24. The summed E-state index contributed by atoms with van der Waals surface area (Å²) in [5.74, 6) is -0.0322. The van der Waals surface area contributed by atoms with E-state index in [1.807, 2.05) is 6.07 Å². The van der Waals surface area contributed by atoms with Gasteiger partial charge in [0.25, 0.3) is 5.91 Å². The highest BCUT2D eigenvalue weighted by Gasteiger charge is 2.09. The summed E-state index contributed by atoms with van der Waals surface area (Å²) >= 11 is 11.9. The average molecular weight is 310 g/mol. The summed E-state index contributed by atoms with van der Waals surface area (Å²) in [5.41, 5.74) is 6.93. The number of benzene rings is 1. The molecule has 4 nitrogen and oxygen atoms in total. The Morgan fingerprint density at radius 2 is 2.10 bits per heavy atom. The van der Waals surface area contributed by atoms with Gasteiger partial charge in [-0.3, -0.25) is 4.79 Å². The van der Waals surface area contributed by atoms with Gasteiger partial charge in [-0.2, -0.15) is 0 Å². The molecule has 0 aliphatic heterocycles. The summed E-state index contributed by atoms with van der Waals surface area (Å²) in [5, 5.41) is 3.96. The number of aromatic nitrogens is 1. The number of anilines is 1. The van der Waals surface area contributed by atoms with Crippen molar-refractivity contribution in [1.82, 2.24) is 10.3 Å². The van der Waals surface area contributed by atoms with E-state index in [1.54, 1.807) is 30.5 Å². The second-order valence-corrected chi connectivity index (χ2v) is 5.02. The van der Waals surface area contributed by atoms with E-state index >= 15 is 0 Å².